The molecule has 1 aliphatic heterocycles. The van der Waals surface area contributed by atoms with E-state index in [0.717, 1.165) is 5.56 Å². The Kier molecular flexibility index (Phi) is 4.38. The van der Waals surface area contributed by atoms with Crippen molar-refractivity contribution in [3.05, 3.63) is 77.1 Å². The van der Waals surface area contributed by atoms with Gasteiger partial charge in [0.1, 0.15) is 4.90 Å². The maximum atomic E-state index is 13.4. The molecule has 27 heavy (non-hydrogen) atoms. The highest BCUT2D eigenvalue weighted by atomic mass is 35.5. The molecular formula is C19H15ClN4O2S. The SMILES string of the molecule is N#Cc1ccc(S(=O)(=O)N2CC(n3cccn3)Cc3ccccc32)c(Cl)c1. The molecule has 6 nitrogen and oxygen atoms in total. The predicted octanol–water partition coefficient (Wildman–Crippen LogP) is 3.40. The molecule has 0 N–H and O–H groups in total. The summed E-state index contributed by atoms with van der Waals surface area (Å²) in [7, 11) is -3.90. The number of nitrogens with zero attached hydrogens (tertiary/aromatic N) is 4. The van der Waals surface area contributed by atoms with Crippen LogP contribution in [-0.4, -0.2) is 24.7 Å². The lowest BCUT2D eigenvalue weighted by Gasteiger charge is -2.35. The highest BCUT2D eigenvalue weighted by Crippen LogP contribution is 2.37. The van der Waals surface area contributed by atoms with Crippen LogP contribution in [0.4, 0.5) is 5.69 Å². The molecule has 3 aromatic rings. The summed E-state index contributed by atoms with van der Waals surface area (Å²) in [5.41, 5.74) is 1.88. The van der Waals surface area contributed by atoms with Crippen molar-refractivity contribution in [2.24, 2.45) is 0 Å². The molecule has 0 radical (unpaired) electrons. The summed E-state index contributed by atoms with van der Waals surface area (Å²) in [6.45, 7) is 0.247. The number of para-hydroxylation sites is 1. The van der Waals surface area contributed by atoms with E-state index in [4.69, 9.17) is 16.9 Å². The van der Waals surface area contributed by atoms with Crippen LogP contribution in [0.2, 0.25) is 5.02 Å². The largest absolute Gasteiger partial charge is 0.268 e. The first kappa shape index (κ1) is 17.6. The number of halogens is 1. The van der Waals surface area contributed by atoms with E-state index in [0.29, 0.717) is 17.7 Å². The van der Waals surface area contributed by atoms with Gasteiger partial charge < -0.3 is 0 Å². The lowest BCUT2D eigenvalue weighted by Crippen LogP contribution is -2.41. The zero-order chi connectivity index (χ0) is 19.0. The minimum Gasteiger partial charge on any atom is -0.268 e. The highest BCUT2D eigenvalue weighted by Gasteiger charge is 2.35. The zero-order valence-electron chi connectivity index (χ0n) is 14.2. The fourth-order valence-corrected chi connectivity index (χ4v) is 5.40. The normalized spacial score (nSPS) is 16.6. The minimum atomic E-state index is -3.90. The molecule has 0 fully saturated rings. The number of anilines is 1. The Morgan fingerprint density at radius 1 is 1.19 bits per heavy atom. The molecule has 2 heterocycles. The average Bonchev–Trinajstić information content (AvgIpc) is 3.21. The first-order valence-electron chi connectivity index (χ1n) is 8.30. The van der Waals surface area contributed by atoms with Gasteiger partial charge in [0.25, 0.3) is 10.0 Å². The van der Waals surface area contributed by atoms with Gasteiger partial charge in [-0.25, -0.2) is 8.42 Å². The number of fused-ring (bicyclic) bond motifs is 1. The van der Waals surface area contributed by atoms with Gasteiger partial charge in [-0.1, -0.05) is 29.8 Å². The van der Waals surface area contributed by atoms with E-state index in [9.17, 15) is 8.42 Å². The molecule has 0 bridgehead atoms. The summed E-state index contributed by atoms with van der Waals surface area (Å²) >= 11 is 6.20. The van der Waals surface area contributed by atoms with Gasteiger partial charge in [0.2, 0.25) is 0 Å². The number of nitriles is 1. The lowest BCUT2D eigenvalue weighted by molar-refractivity contribution is 0.446. The standard InChI is InChI=1S/C19H15ClN4O2S/c20-17-10-14(12-21)6-7-19(17)27(25,26)24-13-16(23-9-3-8-22-23)11-15-4-1-2-5-18(15)24/h1-10,16H,11,13H2. The molecule has 0 saturated carbocycles. The first-order chi connectivity index (χ1) is 13.0. The van der Waals surface area contributed by atoms with Crippen LogP contribution in [0, 0.1) is 11.3 Å². The van der Waals surface area contributed by atoms with E-state index < -0.39 is 10.0 Å². The van der Waals surface area contributed by atoms with Crippen molar-refractivity contribution in [1.82, 2.24) is 9.78 Å². The van der Waals surface area contributed by atoms with Crippen molar-refractivity contribution in [1.29, 1.82) is 5.26 Å². The van der Waals surface area contributed by atoms with Crippen LogP contribution in [0.15, 0.2) is 65.8 Å². The highest BCUT2D eigenvalue weighted by molar-refractivity contribution is 7.93. The summed E-state index contributed by atoms with van der Waals surface area (Å²) in [6, 6.07) is 15.3. The second-order valence-corrected chi connectivity index (χ2v) is 8.50. The molecule has 1 unspecified atom stereocenters. The van der Waals surface area contributed by atoms with Crippen LogP contribution in [0.3, 0.4) is 0 Å². The fraction of sp³-hybridized carbons (Fsp3) is 0.158. The van der Waals surface area contributed by atoms with Crippen LogP contribution in [0.1, 0.15) is 17.2 Å². The first-order valence-corrected chi connectivity index (χ1v) is 10.1. The average molecular weight is 399 g/mol. The third kappa shape index (κ3) is 3.07. The van der Waals surface area contributed by atoms with Gasteiger partial charge in [0.05, 0.1) is 34.9 Å². The summed E-state index contributed by atoms with van der Waals surface area (Å²) in [5.74, 6) is 0. The van der Waals surface area contributed by atoms with Gasteiger partial charge in [-0.05, 0) is 42.3 Å². The van der Waals surface area contributed by atoms with E-state index >= 15 is 0 Å². The monoisotopic (exact) mass is 398 g/mol. The second kappa shape index (κ2) is 6.72. The number of sulfonamides is 1. The quantitative estimate of drug-likeness (QED) is 0.677. The minimum absolute atomic E-state index is 0.0147. The molecule has 1 aliphatic rings. The summed E-state index contributed by atoms with van der Waals surface area (Å²) in [5, 5.41) is 13.3. The topological polar surface area (TPSA) is 79.0 Å². The van der Waals surface area contributed by atoms with E-state index in [1.807, 2.05) is 36.5 Å². The number of benzene rings is 2. The Labute approximate surface area is 162 Å². The Bertz CT molecular complexity index is 1140. The lowest BCUT2D eigenvalue weighted by atomic mass is 10.00. The van der Waals surface area contributed by atoms with E-state index in [1.54, 1.807) is 16.9 Å². The summed E-state index contributed by atoms with van der Waals surface area (Å²) < 4.78 is 30.0. The Balaban J connectivity index is 1.82. The van der Waals surface area contributed by atoms with Gasteiger partial charge in [-0.3, -0.25) is 8.99 Å². The van der Waals surface area contributed by atoms with Gasteiger partial charge in [0, 0.05) is 12.4 Å². The molecule has 1 aromatic heterocycles. The van der Waals surface area contributed by atoms with Crippen LogP contribution in [0.25, 0.3) is 0 Å². The molecule has 8 heteroatoms. The van der Waals surface area contributed by atoms with Crippen LogP contribution in [0.5, 0.6) is 0 Å². The van der Waals surface area contributed by atoms with Gasteiger partial charge in [0.15, 0.2) is 0 Å². The molecule has 0 spiro atoms. The van der Waals surface area contributed by atoms with Crippen molar-refractivity contribution in [2.75, 3.05) is 10.8 Å². The van der Waals surface area contributed by atoms with Crippen molar-refractivity contribution in [2.45, 2.75) is 17.4 Å². The van der Waals surface area contributed by atoms with E-state index in [2.05, 4.69) is 5.10 Å². The predicted molar refractivity (Wildman–Crippen MR) is 102 cm³/mol. The van der Waals surface area contributed by atoms with Crippen LogP contribution in [-0.2, 0) is 16.4 Å². The molecule has 1 atom stereocenters. The number of aromatic nitrogens is 2. The Morgan fingerprint density at radius 3 is 2.70 bits per heavy atom. The van der Waals surface area contributed by atoms with Gasteiger partial charge >= 0.3 is 0 Å². The number of hydrogen-bond donors (Lipinski definition) is 0. The fourth-order valence-electron chi connectivity index (χ4n) is 3.33. The summed E-state index contributed by atoms with van der Waals surface area (Å²) in [6.07, 6.45) is 4.19. The van der Waals surface area contributed by atoms with Crippen molar-refractivity contribution in [3.63, 3.8) is 0 Å². The second-order valence-electron chi connectivity index (χ2n) is 6.27. The summed E-state index contributed by atoms with van der Waals surface area (Å²) in [4.78, 5) is -0.0147. The third-order valence-electron chi connectivity index (χ3n) is 4.62. The maximum Gasteiger partial charge on any atom is 0.265 e. The molecule has 0 saturated heterocycles. The van der Waals surface area contributed by atoms with E-state index in [1.165, 1.54) is 22.5 Å². The molecule has 0 amide bonds. The molecule has 136 valence electrons. The molecule has 2 aromatic carbocycles. The maximum absolute atomic E-state index is 13.4. The Morgan fingerprint density at radius 2 is 2.00 bits per heavy atom. The van der Waals surface area contributed by atoms with Crippen molar-refractivity contribution in [3.8, 4) is 6.07 Å². The van der Waals surface area contributed by atoms with Crippen LogP contribution < -0.4 is 4.31 Å². The van der Waals surface area contributed by atoms with Crippen LogP contribution >= 0.6 is 11.6 Å². The molecule has 4 rings (SSSR count). The van der Waals surface area contributed by atoms with Crippen molar-refractivity contribution < 1.29 is 8.42 Å². The van der Waals surface area contributed by atoms with Gasteiger partial charge in [-0.15, -0.1) is 0 Å². The van der Waals surface area contributed by atoms with Gasteiger partial charge in [-0.2, -0.15) is 10.4 Å². The smallest absolute Gasteiger partial charge is 0.265 e. The van der Waals surface area contributed by atoms with E-state index in [-0.39, 0.29) is 22.5 Å². The molecule has 0 aliphatic carbocycles. The number of hydrogen-bond acceptors (Lipinski definition) is 4. The molecular weight excluding hydrogens is 384 g/mol. The third-order valence-corrected chi connectivity index (χ3v) is 6.88. The Hall–Kier alpha value is -2.82. The zero-order valence-corrected chi connectivity index (χ0v) is 15.7. The van der Waals surface area contributed by atoms with Crippen molar-refractivity contribution >= 4 is 27.3 Å². The number of rotatable bonds is 3.